The van der Waals surface area contributed by atoms with Crippen molar-refractivity contribution in [1.29, 1.82) is 0 Å². The molecule has 3 heterocycles. The number of halogens is 2. The van der Waals surface area contributed by atoms with Crippen molar-refractivity contribution in [2.45, 2.75) is 70.4 Å². The van der Waals surface area contributed by atoms with Crippen LogP contribution in [0.4, 0.5) is 5.82 Å². The zero-order chi connectivity index (χ0) is 21.9. The zero-order valence-electron chi connectivity index (χ0n) is 18.2. The summed E-state index contributed by atoms with van der Waals surface area (Å²) in [7, 11) is 0. The van der Waals surface area contributed by atoms with E-state index < -0.39 is 0 Å². The number of aliphatic imine (C=N–C) groups is 1. The first-order valence-electron chi connectivity index (χ1n) is 10.7. The van der Waals surface area contributed by atoms with Crippen molar-refractivity contribution in [3.63, 3.8) is 0 Å². The fraction of sp³-hybridized carbons (Fsp3) is 0.478. The van der Waals surface area contributed by atoms with Crippen molar-refractivity contribution in [3.8, 4) is 0 Å². The fourth-order valence-electron chi connectivity index (χ4n) is 4.41. The third kappa shape index (κ3) is 3.50. The summed E-state index contributed by atoms with van der Waals surface area (Å²) in [4.78, 5) is 9.66. The molecule has 0 spiro atoms. The lowest BCUT2D eigenvalue weighted by Crippen LogP contribution is -2.32. The molecule has 0 saturated heterocycles. The van der Waals surface area contributed by atoms with E-state index in [1.807, 2.05) is 22.9 Å². The topological polar surface area (TPSA) is 60.9 Å². The van der Waals surface area contributed by atoms with E-state index in [1.54, 1.807) is 6.33 Å². The minimum atomic E-state index is -0.138. The molecule has 2 atom stereocenters. The van der Waals surface area contributed by atoms with E-state index in [0.29, 0.717) is 16.1 Å². The summed E-state index contributed by atoms with van der Waals surface area (Å²) >= 11 is 12.7. The normalized spacial score (nSPS) is 21.5. The summed E-state index contributed by atoms with van der Waals surface area (Å²) < 4.78 is 4.12. The Morgan fingerprint density at radius 2 is 1.81 bits per heavy atom. The molecule has 1 aliphatic heterocycles. The Labute approximate surface area is 192 Å². The molecule has 162 valence electrons. The summed E-state index contributed by atoms with van der Waals surface area (Å²) in [6, 6.07) is 8.16. The Hall–Kier alpha value is -2.18. The molecule has 0 N–H and O–H groups in total. The number of nitrogens with zero attached hydrogens (tertiary/aromatic N) is 6. The van der Waals surface area contributed by atoms with Gasteiger partial charge < -0.3 is 0 Å². The first-order valence-corrected chi connectivity index (χ1v) is 11.5. The first kappa shape index (κ1) is 20.7. The Balaban J connectivity index is 1.70. The molecule has 0 radical (unpaired) electrons. The van der Waals surface area contributed by atoms with Crippen molar-refractivity contribution >= 4 is 34.7 Å². The Kier molecular flexibility index (Phi) is 4.98. The predicted molar refractivity (Wildman–Crippen MR) is 124 cm³/mol. The maximum atomic E-state index is 6.44. The number of benzene rings is 1. The van der Waals surface area contributed by atoms with Crippen LogP contribution in [0, 0.1) is 0 Å². The second-order valence-electron chi connectivity index (χ2n) is 9.58. The van der Waals surface area contributed by atoms with Gasteiger partial charge in [0.1, 0.15) is 12.2 Å². The van der Waals surface area contributed by atoms with Crippen LogP contribution in [-0.4, -0.2) is 30.3 Å². The maximum absolute atomic E-state index is 6.44. The Morgan fingerprint density at radius 1 is 1.03 bits per heavy atom. The lowest BCUT2D eigenvalue weighted by atomic mass is 9.86. The zero-order valence-corrected chi connectivity index (χ0v) is 19.7. The van der Waals surface area contributed by atoms with E-state index in [4.69, 9.17) is 38.3 Å². The van der Waals surface area contributed by atoms with Crippen LogP contribution in [0.1, 0.15) is 82.0 Å². The van der Waals surface area contributed by atoms with Crippen molar-refractivity contribution in [2.75, 3.05) is 0 Å². The minimum absolute atomic E-state index is 0.0859. The van der Waals surface area contributed by atoms with Gasteiger partial charge in [-0.3, -0.25) is 0 Å². The smallest absolute Gasteiger partial charge is 0.151 e. The molecule has 0 amide bonds. The number of hydrogen-bond donors (Lipinski definition) is 0. The molecule has 1 aliphatic carbocycles. The summed E-state index contributed by atoms with van der Waals surface area (Å²) in [5.41, 5.74) is 2.95. The van der Waals surface area contributed by atoms with Crippen molar-refractivity contribution < 1.29 is 0 Å². The largest absolute Gasteiger partial charge is 0.246 e. The predicted octanol–water partition coefficient (Wildman–Crippen LogP) is 6.28. The molecule has 1 aromatic carbocycles. The number of fused-ring (bicyclic) bond motifs is 1. The van der Waals surface area contributed by atoms with E-state index >= 15 is 0 Å². The van der Waals surface area contributed by atoms with E-state index in [1.165, 1.54) is 6.42 Å². The second-order valence-corrected chi connectivity index (χ2v) is 10.4. The van der Waals surface area contributed by atoms with Crippen LogP contribution >= 0.6 is 23.2 Å². The van der Waals surface area contributed by atoms with Gasteiger partial charge in [0.25, 0.3) is 0 Å². The molecule has 1 saturated carbocycles. The van der Waals surface area contributed by atoms with Gasteiger partial charge in [0.05, 0.1) is 33.7 Å². The minimum Gasteiger partial charge on any atom is -0.246 e. The fourth-order valence-corrected chi connectivity index (χ4v) is 4.72. The van der Waals surface area contributed by atoms with Gasteiger partial charge in [-0.15, -0.1) is 0 Å². The molecule has 2 aliphatic rings. The Morgan fingerprint density at radius 3 is 2.45 bits per heavy atom. The van der Waals surface area contributed by atoms with Gasteiger partial charge in [-0.05, 0) is 43.9 Å². The third-order valence-corrected chi connectivity index (χ3v) is 7.13. The lowest BCUT2D eigenvalue weighted by Gasteiger charge is -2.34. The third-order valence-electron chi connectivity index (χ3n) is 6.39. The molecule has 1 unspecified atom stereocenters. The average Bonchev–Trinajstić information content (AvgIpc) is 3.28. The number of aromatic nitrogens is 5. The standard InChI is InChI=1S/C23H26Cl2N6/c1-13-20(22-26-12-27-30(22)15-6-5-7-15)21(14-8-9-16(24)17(25)10-14)31-19(28-13)11-18(29-31)23(2,3)4/h8-12,15,20-21H,5-7H2,1-4H3/t20?,21-/m1/s1. The molecule has 0 bridgehead atoms. The quantitative estimate of drug-likeness (QED) is 0.465. The SMILES string of the molecule is CC1=Nc2cc(C(C)(C)C)nn2[C@H](c2ccc(Cl)c(Cl)c2)C1c1ncnn1C1CCC1. The molecular formula is C23H26Cl2N6. The van der Waals surface area contributed by atoms with Crippen LogP contribution < -0.4 is 0 Å². The molecule has 2 aromatic heterocycles. The van der Waals surface area contributed by atoms with E-state index in [2.05, 4.69) is 43.5 Å². The van der Waals surface area contributed by atoms with Crippen LogP contribution in [-0.2, 0) is 5.41 Å². The van der Waals surface area contributed by atoms with Gasteiger partial charge in [-0.1, -0.05) is 50.0 Å². The number of hydrogen-bond acceptors (Lipinski definition) is 4. The van der Waals surface area contributed by atoms with Gasteiger partial charge in [0.2, 0.25) is 0 Å². The van der Waals surface area contributed by atoms with Crippen LogP contribution in [0.5, 0.6) is 0 Å². The molecule has 6 nitrogen and oxygen atoms in total. The summed E-state index contributed by atoms with van der Waals surface area (Å²) in [5, 5.41) is 10.7. The lowest BCUT2D eigenvalue weighted by molar-refractivity contribution is 0.275. The van der Waals surface area contributed by atoms with E-state index in [9.17, 15) is 0 Å². The van der Waals surface area contributed by atoms with Crippen LogP contribution in [0.3, 0.4) is 0 Å². The van der Waals surface area contributed by atoms with Crippen LogP contribution in [0.15, 0.2) is 35.6 Å². The molecule has 5 rings (SSSR count). The first-order chi connectivity index (χ1) is 14.7. The monoisotopic (exact) mass is 456 g/mol. The summed E-state index contributed by atoms with van der Waals surface area (Å²) in [6.45, 7) is 8.56. The van der Waals surface area contributed by atoms with Gasteiger partial charge in [-0.2, -0.15) is 10.2 Å². The van der Waals surface area contributed by atoms with Crippen LogP contribution in [0.25, 0.3) is 0 Å². The van der Waals surface area contributed by atoms with Gasteiger partial charge in [0, 0.05) is 17.2 Å². The number of rotatable bonds is 3. The van der Waals surface area contributed by atoms with Crippen molar-refractivity contribution in [3.05, 3.63) is 57.7 Å². The second kappa shape index (κ2) is 7.45. The highest BCUT2D eigenvalue weighted by molar-refractivity contribution is 6.42. The van der Waals surface area contributed by atoms with E-state index in [-0.39, 0.29) is 17.4 Å². The van der Waals surface area contributed by atoms with Gasteiger partial charge in [-0.25, -0.2) is 19.3 Å². The molecule has 31 heavy (non-hydrogen) atoms. The molecule has 8 heteroatoms. The maximum Gasteiger partial charge on any atom is 0.151 e. The van der Waals surface area contributed by atoms with E-state index in [0.717, 1.165) is 41.5 Å². The Bertz CT molecular complexity index is 1170. The average molecular weight is 457 g/mol. The van der Waals surface area contributed by atoms with Gasteiger partial charge in [0.15, 0.2) is 5.82 Å². The van der Waals surface area contributed by atoms with Crippen molar-refractivity contribution in [1.82, 2.24) is 24.5 Å². The summed E-state index contributed by atoms with van der Waals surface area (Å²) in [6.07, 6.45) is 5.16. The highest BCUT2D eigenvalue weighted by Gasteiger charge is 2.40. The highest BCUT2D eigenvalue weighted by Crippen LogP contribution is 2.45. The molecule has 1 fully saturated rings. The summed E-state index contributed by atoms with van der Waals surface area (Å²) in [5.74, 6) is 1.69. The molecule has 3 aromatic rings. The van der Waals surface area contributed by atoms with Crippen LogP contribution in [0.2, 0.25) is 10.0 Å². The van der Waals surface area contributed by atoms with Crippen molar-refractivity contribution in [2.24, 2.45) is 4.99 Å². The molecular weight excluding hydrogens is 431 g/mol. The highest BCUT2D eigenvalue weighted by atomic mass is 35.5. The van der Waals surface area contributed by atoms with Gasteiger partial charge >= 0.3 is 0 Å².